The first-order chi connectivity index (χ1) is 15.6. The van der Waals surface area contributed by atoms with Crippen molar-refractivity contribution >= 4 is 21.8 Å². The Balaban J connectivity index is 1.62. The fourth-order valence-electron chi connectivity index (χ4n) is 3.31. The molecule has 10 heteroatoms. The van der Waals surface area contributed by atoms with Crippen molar-refractivity contribution in [1.82, 2.24) is 4.57 Å². The molecule has 0 aliphatic carbocycles. The minimum Gasteiger partial charge on any atom is -0.497 e. The van der Waals surface area contributed by atoms with Gasteiger partial charge in [-0.15, -0.1) is 0 Å². The molecule has 0 aliphatic rings. The lowest BCUT2D eigenvalue weighted by molar-refractivity contribution is -0.144. The van der Waals surface area contributed by atoms with Crippen LogP contribution in [0.1, 0.15) is 21.7 Å². The molecule has 0 unspecified atom stereocenters. The number of nitrogens with two attached hydrogens (primary N) is 1. The van der Waals surface area contributed by atoms with Crippen LogP contribution in [0.2, 0.25) is 0 Å². The van der Waals surface area contributed by atoms with Crippen molar-refractivity contribution in [3.63, 3.8) is 0 Å². The van der Waals surface area contributed by atoms with Gasteiger partial charge in [0.1, 0.15) is 11.5 Å². The summed E-state index contributed by atoms with van der Waals surface area (Å²) in [5, 5.41) is 5.14. The number of sulfonamides is 1. The molecule has 0 bridgehead atoms. The molecule has 2 N–H and O–H groups in total. The van der Waals surface area contributed by atoms with Crippen molar-refractivity contribution in [2.75, 3.05) is 20.3 Å². The zero-order chi connectivity index (χ0) is 24.2. The van der Waals surface area contributed by atoms with Gasteiger partial charge in [-0.1, -0.05) is 0 Å². The van der Waals surface area contributed by atoms with Crippen LogP contribution in [0.4, 0.5) is 0 Å². The standard InChI is InChI=1S/C23H24N2O7S/c1-15-12-21(16(2)25(15)17-4-10-20(11-5-17)33(24,28)29)22(26)13-32-23(27)14-31-19-8-6-18(30-3)7-9-19/h4-12H,13-14H2,1-3H3,(H2,24,28,29). The Bertz CT molecular complexity index is 1260. The molecule has 3 rings (SSSR count). The maximum Gasteiger partial charge on any atom is 0.344 e. The van der Waals surface area contributed by atoms with E-state index in [-0.39, 0.29) is 17.3 Å². The van der Waals surface area contributed by atoms with Crippen molar-refractivity contribution in [3.8, 4) is 17.2 Å². The van der Waals surface area contributed by atoms with Crippen LogP contribution in [0, 0.1) is 13.8 Å². The number of hydrogen-bond acceptors (Lipinski definition) is 7. The molecule has 0 saturated carbocycles. The summed E-state index contributed by atoms with van der Waals surface area (Å²) in [7, 11) is -2.25. The summed E-state index contributed by atoms with van der Waals surface area (Å²) in [6.45, 7) is 2.79. The highest BCUT2D eigenvalue weighted by molar-refractivity contribution is 7.89. The van der Waals surface area contributed by atoms with Gasteiger partial charge in [-0.05, 0) is 68.4 Å². The molecule has 0 atom stereocenters. The molecule has 0 amide bonds. The molecule has 0 radical (unpaired) electrons. The number of carbonyl (C=O) groups is 2. The van der Waals surface area contributed by atoms with Crippen LogP contribution in [-0.2, 0) is 19.6 Å². The molecule has 2 aromatic carbocycles. The molecule has 3 aromatic rings. The normalized spacial score (nSPS) is 11.2. The first-order valence-corrected chi connectivity index (χ1v) is 11.4. The molecule has 1 aromatic heterocycles. The van der Waals surface area contributed by atoms with Crippen LogP contribution in [0.3, 0.4) is 0 Å². The SMILES string of the molecule is COc1ccc(OCC(=O)OCC(=O)c2cc(C)n(-c3ccc(S(N)(=O)=O)cc3)c2C)cc1. The second kappa shape index (κ2) is 9.88. The lowest BCUT2D eigenvalue weighted by atomic mass is 10.1. The predicted molar refractivity (Wildman–Crippen MR) is 120 cm³/mol. The number of benzene rings is 2. The van der Waals surface area contributed by atoms with Crippen molar-refractivity contribution < 1.29 is 32.2 Å². The van der Waals surface area contributed by atoms with Crippen LogP contribution in [0.15, 0.2) is 59.5 Å². The molecule has 1 heterocycles. The number of Topliss-reactive ketones (excluding diaryl/α,β-unsaturated/α-hetero) is 1. The van der Waals surface area contributed by atoms with Gasteiger partial charge in [0, 0.05) is 22.6 Å². The summed E-state index contributed by atoms with van der Waals surface area (Å²) >= 11 is 0. The Morgan fingerprint density at radius 1 is 0.939 bits per heavy atom. The van der Waals surface area contributed by atoms with E-state index in [1.165, 1.54) is 12.1 Å². The molecule has 0 saturated heterocycles. The average Bonchev–Trinajstić information content (AvgIpc) is 3.09. The number of nitrogens with zero attached hydrogens (tertiary/aromatic N) is 1. The van der Waals surface area contributed by atoms with Crippen LogP contribution in [-0.4, -0.2) is 45.1 Å². The van der Waals surface area contributed by atoms with Crippen molar-refractivity contribution in [2.24, 2.45) is 5.14 Å². The van der Waals surface area contributed by atoms with E-state index >= 15 is 0 Å². The van der Waals surface area contributed by atoms with Gasteiger partial charge in [0.15, 0.2) is 13.2 Å². The largest absolute Gasteiger partial charge is 0.497 e. The maximum atomic E-state index is 12.7. The number of methoxy groups -OCH3 is 1. The number of aryl methyl sites for hydroxylation is 1. The molecule has 0 aliphatic heterocycles. The Kier molecular flexibility index (Phi) is 7.19. The van der Waals surface area contributed by atoms with Crippen molar-refractivity contribution in [3.05, 3.63) is 71.5 Å². The number of hydrogen-bond donors (Lipinski definition) is 1. The van der Waals surface area contributed by atoms with Gasteiger partial charge in [-0.2, -0.15) is 0 Å². The van der Waals surface area contributed by atoms with Gasteiger partial charge in [0.05, 0.1) is 12.0 Å². The highest BCUT2D eigenvalue weighted by Crippen LogP contribution is 2.22. The summed E-state index contributed by atoms with van der Waals surface area (Å²) in [6, 6.07) is 14.4. The number of primary sulfonamides is 1. The van der Waals surface area contributed by atoms with Gasteiger partial charge in [-0.3, -0.25) is 4.79 Å². The molecule has 174 valence electrons. The van der Waals surface area contributed by atoms with Crippen LogP contribution in [0.5, 0.6) is 11.5 Å². The lowest BCUT2D eigenvalue weighted by Gasteiger charge is -2.11. The van der Waals surface area contributed by atoms with Gasteiger partial charge in [-0.25, -0.2) is 18.4 Å². The summed E-state index contributed by atoms with van der Waals surface area (Å²) < 4.78 is 40.2. The number of ether oxygens (including phenoxy) is 3. The summed E-state index contributed by atoms with van der Waals surface area (Å²) in [4.78, 5) is 24.6. The summed E-state index contributed by atoms with van der Waals surface area (Å²) in [5.74, 6) is 0.0874. The Labute approximate surface area is 191 Å². The highest BCUT2D eigenvalue weighted by Gasteiger charge is 2.19. The van der Waals surface area contributed by atoms with Gasteiger partial charge >= 0.3 is 5.97 Å². The van der Waals surface area contributed by atoms with E-state index < -0.39 is 22.6 Å². The number of carbonyl (C=O) groups excluding carboxylic acids is 2. The molecular formula is C23H24N2O7S. The first kappa shape index (κ1) is 24.0. The van der Waals surface area contributed by atoms with Crippen molar-refractivity contribution in [2.45, 2.75) is 18.7 Å². The first-order valence-electron chi connectivity index (χ1n) is 9.88. The Morgan fingerprint density at radius 2 is 1.55 bits per heavy atom. The minimum atomic E-state index is -3.80. The van der Waals surface area contributed by atoms with Gasteiger partial charge in [0.2, 0.25) is 15.8 Å². The second-order valence-electron chi connectivity index (χ2n) is 7.21. The van der Waals surface area contributed by atoms with E-state index in [1.807, 2.05) is 6.92 Å². The topological polar surface area (TPSA) is 127 Å². The van der Waals surface area contributed by atoms with E-state index in [0.29, 0.717) is 28.4 Å². The summed E-state index contributed by atoms with van der Waals surface area (Å²) in [5.41, 5.74) is 2.45. The highest BCUT2D eigenvalue weighted by atomic mass is 32.2. The maximum absolute atomic E-state index is 12.7. The van der Waals surface area contributed by atoms with Crippen LogP contribution < -0.4 is 14.6 Å². The smallest absolute Gasteiger partial charge is 0.344 e. The monoisotopic (exact) mass is 472 g/mol. The fourth-order valence-corrected chi connectivity index (χ4v) is 3.82. The van der Waals surface area contributed by atoms with E-state index in [9.17, 15) is 18.0 Å². The van der Waals surface area contributed by atoms with Crippen molar-refractivity contribution in [1.29, 1.82) is 0 Å². The van der Waals surface area contributed by atoms with E-state index in [0.717, 1.165) is 5.69 Å². The second-order valence-corrected chi connectivity index (χ2v) is 8.77. The third-order valence-electron chi connectivity index (χ3n) is 4.94. The molecular weight excluding hydrogens is 448 g/mol. The van der Waals surface area contributed by atoms with Gasteiger partial charge in [0.25, 0.3) is 0 Å². The van der Waals surface area contributed by atoms with Crippen LogP contribution >= 0.6 is 0 Å². The summed E-state index contributed by atoms with van der Waals surface area (Å²) in [6.07, 6.45) is 0. The zero-order valence-corrected chi connectivity index (χ0v) is 19.2. The van der Waals surface area contributed by atoms with Gasteiger partial charge < -0.3 is 18.8 Å². The average molecular weight is 473 g/mol. The minimum absolute atomic E-state index is 0.00576. The molecule has 0 spiro atoms. The van der Waals surface area contributed by atoms with E-state index in [4.69, 9.17) is 19.3 Å². The molecule has 33 heavy (non-hydrogen) atoms. The number of aromatic nitrogens is 1. The number of rotatable bonds is 9. The fraction of sp³-hybridized carbons (Fsp3) is 0.217. The third-order valence-corrected chi connectivity index (χ3v) is 5.86. The van der Waals surface area contributed by atoms with Crippen LogP contribution in [0.25, 0.3) is 5.69 Å². The predicted octanol–water partition coefficient (Wildman–Crippen LogP) is 2.56. The van der Waals surface area contributed by atoms with E-state index in [2.05, 4.69) is 0 Å². The molecule has 0 fully saturated rings. The third kappa shape index (κ3) is 5.79. The number of ketones is 1. The Hall–Kier alpha value is -3.63. The van der Waals surface area contributed by atoms with E-state index in [1.54, 1.807) is 61.1 Å². The zero-order valence-electron chi connectivity index (χ0n) is 18.4. The Morgan fingerprint density at radius 3 is 2.12 bits per heavy atom. The quantitative estimate of drug-likeness (QED) is 0.374. The number of esters is 1. The lowest BCUT2D eigenvalue weighted by Crippen LogP contribution is -2.19. The molecule has 9 nitrogen and oxygen atoms in total.